The van der Waals surface area contributed by atoms with E-state index >= 15 is 0 Å². The zero-order valence-electron chi connectivity index (χ0n) is 12.0. The van der Waals surface area contributed by atoms with Crippen molar-refractivity contribution in [1.29, 1.82) is 0 Å². The summed E-state index contributed by atoms with van der Waals surface area (Å²) in [4.78, 5) is 24.8. The van der Waals surface area contributed by atoms with Crippen molar-refractivity contribution in [3.63, 3.8) is 0 Å². The van der Waals surface area contributed by atoms with Gasteiger partial charge >= 0.3 is 0 Å². The molecular weight excluding hydrogens is 302 g/mol. The number of benzene rings is 1. The Morgan fingerprint density at radius 2 is 2.09 bits per heavy atom. The summed E-state index contributed by atoms with van der Waals surface area (Å²) in [5.74, 6) is -0.575. The molecule has 0 radical (unpaired) electrons. The molecule has 1 N–H and O–H groups in total. The van der Waals surface area contributed by atoms with Gasteiger partial charge in [-0.05, 0) is 26.0 Å². The quantitative estimate of drug-likeness (QED) is 0.796. The third kappa shape index (κ3) is 2.48. The molecule has 1 aromatic carbocycles. The van der Waals surface area contributed by atoms with Crippen LogP contribution in [0.3, 0.4) is 0 Å². The van der Waals surface area contributed by atoms with Gasteiger partial charge in [0.15, 0.2) is 5.69 Å². The first kappa shape index (κ1) is 14.3. The van der Waals surface area contributed by atoms with E-state index in [-0.39, 0.29) is 11.1 Å². The summed E-state index contributed by atoms with van der Waals surface area (Å²) in [6.45, 7) is 4.24. The molecule has 8 heteroatoms. The topological polar surface area (TPSA) is 89.8 Å². The normalized spacial score (nSPS) is 10.8. The minimum Gasteiger partial charge on any atom is -0.295 e. The number of amides is 1. The summed E-state index contributed by atoms with van der Waals surface area (Å²) < 4.78 is 1.64. The number of anilines is 1. The molecule has 0 saturated carbocycles. The van der Waals surface area contributed by atoms with Crippen LogP contribution in [-0.4, -0.2) is 25.9 Å². The molecule has 0 atom stereocenters. The first-order valence-corrected chi connectivity index (χ1v) is 7.53. The van der Waals surface area contributed by atoms with E-state index in [4.69, 9.17) is 0 Å². The smallest absolute Gasteiger partial charge is 0.282 e. The average Bonchev–Trinajstić information content (AvgIpc) is 2.93. The van der Waals surface area contributed by atoms with Gasteiger partial charge in [-0.3, -0.25) is 19.6 Å². The lowest BCUT2D eigenvalue weighted by Gasteiger charge is -2.09. The number of fused-ring (bicyclic) bond motifs is 1. The number of hydrogen-bond donors (Lipinski definition) is 1. The maximum Gasteiger partial charge on any atom is 0.282 e. The summed E-state index contributed by atoms with van der Waals surface area (Å²) >= 11 is 1.24. The van der Waals surface area contributed by atoms with Crippen LogP contribution in [0.25, 0.3) is 10.9 Å². The van der Waals surface area contributed by atoms with Crippen LogP contribution in [0.4, 0.5) is 5.13 Å². The fourth-order valence-corrected chi connectivity index (χ4v) is 2.72. The summed E-state index contributed by atoms with van der Waals surface area (Å²) in [6.07, 6.45) is 0. The first-order valence-electron chi connectivity index (χ1n) is 6.71. The van der Waals surface area contributed by atoms with E-state index in [0.717, 1.165) is 5.01 Å². The van der Waals surface area contributed by atoms with Gasteiger partial charge in [-0.1, -0.05) is 23.5 Å². The second-order valence-corrected chi connectivity index (χ2v) is 5.77. The lowest BCUT2D eigenvalue weighted by atomic mass is 10.2. The maximum absolute atomic E-state index is 12.5. The molecule has 0 aliphatic heterocycles. The molecular formula is C14H13N5O2S. The second-order valence-electron chi connectivity index (χ2n) is 4.59. The van der Waals surface area contributed by atoms with E-state index in [1.165, 1.54) is 11.3 Å². The highest BCUT2D eigenvalue weighted by Gasteiger charge is 2.18. The van der Waals surface area contributed by atoms with Crippen LogP contribution in [0.2, 0.25) is 0 Å². The van der Waals surface area contributed by atoms with E-state index in [9.17, 15) is 9.59 Å². The van der Waals surface area contributed by atoms with Crippen molar-refractivity contribution < 1.29 is 4.79 Å². The monoisotopic (exact) mass is 315 g/mol. The van der Waals surface area contributed by atoms with Gasteiger partial charge in [0.05, 0.1) is 5.52 Å². The highest BCUT2D eigenvalue weighted by molar-refractivity contribution is 7.15. The summed E-state index contributed by atoms with van der Waals surface area (Å²) in [5.41, 5.74) is 0.172. The molecule has 0 aliphatic rings. The minimum absolute atomic E-state index is 0.145. The van der Waals surface area contributed by atoms with Crippen LogP contribution >= 0.6 is 11.3 Å². The van der Waals surface area contributed by atoms with E-state index in [2.05, 4.69) is 20.6 Å². The zero-order chi connectivity index (χ0) is 15.7. The fourth-order valence-electron chi connectivity index (χ4n) is 2.13. The molecule has 0 unspecified atom stereocenters. The molecule has 1 amide bonds. The van der Waals surface area contributed by atoms with Gasteiger partial charge in [0, 0.05) is 11.9 Å². The third-order valence-corrected chi connectivity index (χ3v) is 3.88. The predicted octanol–water partition coefficient (Wildman–Crippen LogP) is 1.83. The SMILES string of the molecule is CCn1nc(C(=O)Nc2nnc(C)s2)c(=O)c2ccccc21. The molecule has 0 saturated heterocycles. The summed E-state index contributed by atoms with van der Waals surface area (Å²) in [7, 11) is 0. The molecule has 7 nitrogen and oxygen atoms in total. The van der Waals surface area contributed by atoms with Crippen molar-refractivity contribution in [3.05, 3.63) is 45.2 Å². The summed E-state index contributed by atoms with van der Waals surface area (Å²) in [5, 5.41) is 15.9. The van der Waals surface area contributed by atoms with Crippen molar-refractivity contribution in [1.82, 2.24) is 20.0 Å². The van der Waals surface area contributed by atoms with Gasteiger partial charge < -0.3 is 0 Å². The van der Waals surface area contributed by atoms with Gasteiger partial charge in [0.1, 0.15) is 5.01 Å². The van der Waals surface area contributed by atoms with Gasteiger partial charge in [-0.15, -0.1) is 10.2 Å². The molecule has 3 rings (SSSR count). The van der Waals surface area contributed by atoms with Crippen LogP contribution < -0.4 is 10.7 Å². The number of para-hydroxylation sites is 1. The van der Waals surface area contributed by atoms with E-state index < -0.39 is 5.91 Å². The van der Waals surface area contributed by atoms with Crippen molar-refractivity contribution in [2.75, 3.05) is 5.32 Å². The largest absolute Gasteiger partial charge is 0.295 e. The third-order valence-electron chi connectivity index (χ3n) is 3.12. The minimum atomic E-state index is -0.575. The lowest BCUT2D eigenvalue weighted by molar-refractivity contribution is 0.101. The maximum atomic E-state index is 12.5. The Labute approximate surface area is 129 Å². The highest BCUT2D eigenvalue weighted by Crippen LogP contribution is 2.15. The average molecular weight is 315 g/mol. The molecule has 3 aromatic rings. The van der Waals surface area contributed by atoms with Crippen LogP contribution in [0, 0.1) is 6.92 Å². The number of nitrogens with zero attached hydrogens (tertiary/aromatic N) is 4. The van der Waals surface area contributed by atoms with Gasteiger partial charge in [-0.2, -0.15) is 5.10 Å². The van der Waals surface area contributed by atoms with Crippen LogP contribution in [0.5, 0.6) is 0 Å². The zero-order valence-corrected chi connectivity index (χ0v) is 12.8. The standard InChI is InChI=1S/C14H13N5O2S/c1-3-19-10-7-5-4-6-9(10)12(20)11(18-19)13(21)15-14-17-16-8(2)22-14/h4-7H,3H2,1-2H3,(H,15,17,21). The van der Waals surface area contributed by atoms with Gasteiger partial charge in [0.2, 0.25) is 10.6 Å². The Kier molecular flexibility index (Phi) is 3.68. The number of aryl methyl sites for hydroxylation is 2. The first-order chi connectivity index (χ1) is 10.6. The molecule has 0 bridgehead atoms. The molecule has 112 valence electrons. The molecule has 0 fully saturated rings. The Balaban J connectivity index is 2.08. The van der Waals surface area contributed by atoms with Crippen molar-refractivity contribution in [2.45, 2.75) is 20.4 Å². The van der Waals surface area contributed by atoms with Crippen LogP contribution in [-0.2, 0) is 6.54 Å². The van der Waals surface area contributed by atoms with Gasteiger partial charge in [0.25, 0.3) is 5.91 Å². The van der Waals surface area contributed by atoms with E-state index in [1.54, 1.807) is 23.7 Å². The number of hydrogen-bond acceptors (Lipinski definition) is 6. The van der Waals surface area contributed by atoms with E-state index in [0.29, 0.717) is 22.6 Å². The van der Waals surface area contributed by atoms with Crippen molar-refractivity contribution >= 4 is 33.3 Å². The Morgan fingerprint density at radius 3 is 2.77 bits per heavy atom. The Morgan fingerprint density at radius 1 is 1.32 bits per heavy atom. The van der Waals surface area contributed by atoms with Crippen molar-refractivity contribution in [2.24, 2.45) is 0 Å². The number of nitrogens with one attached hydrogen (secondary N) is 1. The predicted molar refractivity (Wildman–Crippen MR) is 84.3 cm³/mol. The Bertz CT molecular complexity index is 915. The number of carbonyl (C=O) groups excluding carboxylic acids is 1. The molecule has 0 spiro atoms. The fraction of sp³-hybridized carbons (Fsp3) is 0.214. The van der Waals surface area contributed by atoms with Crippen LogP contribution in [0.15, 0.2) is 29.1 Å². The van der Waals surface area contributed by atoms with E-state index in [1.807, 2.05) is 19.1 Å². The highest BCUT2D eigenvalue weighted by atomic mass is 32.1. The van der Waals surface area contributed by atoms with Crippen LogP contribution in [0.1, 0.15) is 22.4 Å². The van der Waals surface area contributed by atoms with Gasteiger partial charge in [-0.25, -0.2) is 0 Å². The number of carbonyl (C=O) groups is 1. The molecule has 2 aromatic heterocycles. The molecule has 22 heavy (non-hydrogen) atoms. The second kappa shape index (κ2) is 5.64. The lowest BCUT2D eigenvalue weighted by Crippen LogP contribution is -2.27. The molecule has 2 heterocycles. The number of rotatable bonds is 3. The van der Waals surface area contributed by atoms with Crippen molar-refractivity contribution in [3.8, 4) is 0 Å². The number of aromatic nitrogens is 4. The molecule has 0 aliphatic carbocycles. The summed E-state index contributed by atoms with van der Waals surface area (Å²) in [6, 6.07) is 7.10. The Hall–Kier alpha value is -2.61.